The lowest BCUT2D eigenvalue weighted by atomic mass is 10.1. The van der Waals surface area contributed by atoms with Crippen LogP contribution in [0.5, 0.6) is 0 Å². The number of benzene rings is 1. The third-order valence-electron chi connectivity index (χ3n) is 4.18. The largest absolute Gasteiger partial charge is 0.480 e. The zero-order valence-corrected chi connectivity index (χ0v) is 14.8. The number of aliphatic carboxylic acids is 1. The summed E-state index contributed by atoms with van der Waals surface area (Å²) in [5.74, 6) is -2.00. The van der Waals surface area contributed by atoms with Gasteiger partial charge < -0.3 is 15.4 Å². The molecule has 1 aliphatic rings. The Morgan fingerprint density at radius 2 is 2.24 bits per heavy atom. The van der Waals surface area contributed by atoms with Crippen LogP contribution < -0.4 is 5.73 Å². The molecule has 0 aliphatic heterocycles. The number of halogens is 2. The van der Waals surface area contributed by atoms with Crippen LogP contribution >= 0.6 is 21.6 Å². The smallest absolute Gasteiger partial charge is 0.320 e. The molecule has 0 saturated heterocycles. The molecule has 1 unspecified atom stereocenters. The van der Waals surface area contributed by atoms with Crippen molar-refractivity contribution in [3.63, 3.8) is 0 Å². The molecular weight excluding hydrogens is 368 g/mol. The van der Waals surface area contributed by atoms with E-state index in [2.05, 4.69) is 4.98 Å². The number of carbonyl (C=O) groups is 1. The topological polar surface area (TPSA) is 81.1 Å². The Balaban J connectivity index is 1.61. The lowest BCUT2D eigenvalue weighted by Crippen LogP contribution is -2.30. The summed E-state index contributed by atoms with van der Waals surface area (Å²) in [6, 6.07) is 1.94. The van der Waals surface area contributed by atoms with E-state index < -0.39 is 23.6 Å². The van der Waals surface area contributed by atoms with E-state index in [9.17, 15) is 13.6 Å². The molecule has 25 heavy (non-hydrogen) atoms. The number of hydrogen-bond donors (Lipinski definition) is 2. The average Bonchev–Trinajstić information content (AvgIpc) is 3.21. The van der Waals surface area contributed by atoms with E-state index in [4.69, 9.17) is 10.8 Å². The Labute approximate surface area is 151 Å². The van der Waals surface area contributed by atoms with E-state index in [0.717, 1.165) is 10.7 Å². The standard InChI is InChI=1S/C16H17F2N3O2S2/c17-12-2-1-9-7-10(8-11(9)14(12)18)21-5-4-20-16(21)25-24-6-3-13(19)15(22)23/h1-2,4-5,10,13H,3,6-8,19H2,(H,22,23)/t10?,13-/m0/s1. The highest BCUT2D eigenvalue weighted by Crippen LogP contribution is 2.37. The van der Waals surface area contributed by atoms with Crippen molar-refractivity contribution >= 4 is 27.6 Å². The van der Waals surface area contributed by atoms with Crippen LogP contribution in [0.15, 0.2) is 29.7 Å². The van der Waals surface area contributed by atoms with Gasteiger partial charge in [0.05, 0.1) is 0 Å². The van der Waals surface area contributed by atoms with Gasteiger partial charge in [0.2, 0.25) is 0 Å². The molecule has 2 atom stereocenters. The lowest BCUT2D eigenvalue weighted by Gasteiger charge is -2.14. The number of rotatable bonds is 7. The number of carboxylic acid groups (broad SMARTS) is 1. The number of hydrogen-bond acceptors (Lipinski definition) is 5. The predicted octanol–water partition coefficient (Wildman–Crippen LogP) is 3.04. The summed E-state index contributed by atoms with van der Waals surface area (Å²) in [4.78, 5) is 15.0. The van der Waals surface area contributed by atoms with Gasteiger partial charge in [0.15, 0.2) is 16.8 Å². The van der Waals surface area contributed by atoms with Crippen LogP contribution in [0.4, 0.5) is 8.78 Å². The first-order valence-corrected chi connectivity index (χ1v) is 10.1. The SMILES string of the molecule is N[C@@H](CCSSc1nccn1C1Cc2ccc(F)c(F)c2C1)C(=O)O. The fourth-order valence-electron chi connectivity index (χ4n) is 2.84. The first kappa shape index (κ1) is 18.2. The molecule has 1 aromatic heterocycles. The third-order valence-corrected chi connectivity index (χ3v) is 6.46. The van der Waals surface area contributed by atoms with E-state index >= 15 is 0 Å². The summed E-state index contributed by atoms with van der Waals surface area (Å²) in [7, 11) is 2.91. The van der Waals surface area contributed by atoms with Gasteiger partial charge in [-0.25, -0.2) is 13.8 Å². The average molecular weight is 385 g/mol. The first-order chi connectivity index (χ1) is 12.0. The van der Waals surface area contributed by atoms with Crippen molar-refractivity contribution in [3.8, 4) is 0 Å². The van der Waals surface area contributed by atoms with Crippen molar-refractivity contribution in [1.29, 1.82) is 0 Å². The fraction of sp³-hybridized carbons (Fsp3) is 0.375. The maximum absolute atomic E-state index is 13.9. The summed E-state index contributed by atoms with van der Waals surface area (Å²) in [5.41, 5.74) is 6.74. The Kier molecular flexibility index (Phi) is 5.65. The molecule has 2 aromatic rings. The normalized spacial score (nSPS) is 17.5. The van der Waals surface area contributed by atoms with Crippen LogP contribution in [-0.4, -0.2) is 32.4 Å². The lowest BCUT2D eigenvalue weighted by molar-refractivity contribution is -0.138. The molecule has 0 bridgehead atoms. The Morgan fingerprint density at radius 1 is 1.44 bits per heavy atom. The third kappa shape index (κ3) is 3.99. The molecule has 1 aliphatic carbocycles. The van der Waals surface area contributed by atoms with Crippen molar-refractivity contribution in [2.45, 2.75) is 36.5 Å². The second kappa shape index (κ2) is 7.76. The fourth-order valence-corrected chi connectivity index (χ4v) is 5.02. The number of nitrogens with zero attached hydrogens (tertiary/aromatic N) is 2. The molecule has 1 aromatic carbocycles. The summed E-state index contributed by atoms with van der Waals surface area (Å²) >= 11 is 0. The van der Waals surface area contributed by atoms with Crippen molar-refractivity contribution < 1.29 is 18.7 Å². The minimum atomic E-state index is -1.01. The summed E-state index contributed by atoms with van der Waals surface area (Å²) in [6.45, 7) is 0. The molecule has 0 radical (unpaired) electrons. The molecular formula is C16H17F2N3O2S2. The van der Waals surface area contributed by atoms with Gasteiger partial charge in [-0.15, -0.1) is 0 Å². The summed E-state index contributed by atoms with van der Waals surface area (Å²) in [5, 5.41) is 9.52. The van der Waals surface area contributed by atoms with Crippen molar-refractivity contribution in [2.75, 3.05) is 5.75 Å². The molecule has 1 heterocycles. The van der Waals surface area contributed by atoms with E-state index in [-0.39, 0.29) is 6.04 Å². The molecule has 3 rings (SSSR count). The maximum Gasteiger partial charge on any atom is 0.320 e. The van der Waals surface area contributed by atoms with Crippen LogP contribution in [-0.2, 0) is 17.6 Å². The maximum atomic E-state index is 13.9. The van der Waals surface area contributed by atoms with Crippen LogP contribution in [0.2, 0.25) is 0 Å². The van der Waals surface area contributed by atoms with Gasteiger partial charge in [0.1, 0.15) is 6.04 Å². The number of carboxylic acids is 1. The van der Waals surface area contributed by atoms with E-state index in [1.165, 1.54) is 27.7 Å². The summed E-state index contributed by atoms with van der Waals surface area (Å²) in [6.07, 6.45) is 4.93. The molecule has 0 amide bonds. The molecule has 3 N–H and O–H groups in total. The highest BCUT2D eigenvalue weighted by molar-refractivity contribution is 8.76. The second-order valence-corrected chi connectivity index (χ2v) is 8.20. The quantitative estimate of drug-likeness (QED) is 0.563. The molecule has 0 fully saturated rings. The van der Waals surface area contributed by atoms with Crippen LogP contribution in [0.3, 0.4) is 0 Å². The van der Waals surface area contributed by atoms with E-state index in [0.29, 0.717) is 30.6 Å². The zero-order chi connectivity index (χ0) is 18.0. The zero-order valence-electron chi connectivity index (χ0n) is 13.2. The minimum Gasteiger partial charge on any atom is -0.480 e. The van der Waals surface area contributed by atoms with Gasteiger partial charge in [-0.3, -0.25) is 4.79 Å². The highest BCUT2D eigenvalue weighted by Gasteiger charge is 2.28. The molecule has 0 saturated carbocycles. The van der Waals surface area contributed by atoms with Crippen molar-refractivity contribution in [1.82, 2.24) is 9.55 Å². The Morgan fingerprint density at radius 3 is 3.00 bits per heavy atom. The van der Waals surface area contributed by atoms with Gasteiger partial charge in [-0.2, -0.15) is 0 Å². The van der Waals surface area contributed by atoms with Gasteiger partial charge in [-0.1, -0.05) is 16.9 Å². The highest BCUT2D eigenvalue weighted by atomic mass is 33.1. The first-order valence-electron chi connectivity index (χ1n) is 7.73. The predicted molar refractivity (Wildman–Crippen MR) is 93.6 cm³/mol. The molecule has 9 heteroatoms. The van der Waals surface area contributed by atoms with E-state index in [1.807, 2.05) is 10.8 Å². The van der Waals surface area contributed by atoms with Gasteiger partial charge in [0.25, 0.3) is 0 Å². The molecule has 0 spiro atoms. The Bertz CT molecular complexity index is 785. The van der Waals surface area contributed by atoms with E-state index in [1.54, 1.807) is 12.3 Å². The molecule has 134 valence electrons. The van der Waals surface area contributed by atoms with Crippen LogP contribution in [0.25, 0.3) is 0 Å². The number of imidazole rings is 1. The van der Waals surface area contributed by atoms with Crippen LogP contribution in [0.1, 0.15) is 23.6 Å². The summed E-state index contributed by atoms with van der Waals surface area (Å²) < 4.78 is 29.3. The second-order valence-electron chi connectivity index (χ2n) is 5.82. The van der Waals surface area contributed by atoms with Crippen molar-refractivity contribution in [2.24, 2.45) is 5.73 Å². The minimum absolute atomic E-state index is 0.00169. The number of aromatic nitrogens is 2. The van der Waals surface area contributed by atoms with Crippen LogP contribution in [0, 0.1) is 11.6 Å². The number of nitrogens with two attached hydrogens (primary N) is 1. The van der Waals surface area contributed by atoms with Gasteiger partial charge in [0, 0.05) is 24.2 Å². The molecule has 5 nitrogen and oxygen atoms in total. The van der Waals surface area contributed by atoms with Gasteiger partial charge >= 0.3 is 5.97 Å². The monoisotopic (exact) mass is 385 g/mol. The Hall–Kier alpha value is -1.58. The number of fused-ring (bicyclic) bond motifs is 1. The van der Waals surface area contributed by atoms with Gasteiger partial charge in [-0.05, 0) is 47.2 Å². The van der Waals surface area contributed by atoms with Crippen molar-refractivity contribution in [3.05, 3.63) is 47.3 Å².